The largest absolute Gasteiger partial charge is 0.496 e. The maximum absolute atomic E-state index is 5.80. The van der Waals surface area contributed by atoms with Crippen molar-refractivity contribution in [2.45, 2.75) is 0 Å². The standard InChI is InChI=1S/C14H16N2O2/c1-17-12-7-11(16)8-13(18-2)14(12)9-3-5-10(15)6-4-9/h3-8H,15-16H2,1-2H3. The number of ether oxygens (including phenoxy) is 2. The zero-order valence-electron chi connectivity index (χ0n) is 10.4. The zero-order valence-corrected chi connectivity index (χ0v) is 10.4. The van der Waals surface area contributed by atoms with Crippen LogP contribution in [0.1, 0.15) is 0 Å². The second-order valence-corrected chi connectivity index (χ2v) is 3.92. The Morgan fingerprint density at radius 3 is 1.72 bits per heavy atom. The van der Waals surface area contributed by atoms with E-state index in [4.69, 9.17) is 20.9 Å². The highest BCUT2D eigenvalue weighted by molar-refractivity contribution is 5.80. The van der Waals surface area contributed by atoms with Gasteiger partial charge in [-0.2, -0.15) is 0 Å². The predicted octanol–water partition coefficient (Wildman–Crippen LogP) is 2.54. The first kappa shape index (κ1) is 12.1. The van der Waals surface area contributed by atoms with E-state index in [0.29, 0.717) is 22.9 Å². The Hall–Kier alpha value is -2.36. The lowest BCUT2D eigenvalue weighted by atomic mass is 10.0. The monoisotopic (exact) mass is 244 g/mol. The number of rotatable bonds is 3. The van der Waals surface area contributed by atoms with Crippen LogP contribution in [0.3, 0.4) is 0 Å². The first-order valence-electron chi connectivity index (χ1n) is 5.53. The maximum atomic E-state index is 5.80. The van der Waals surface area contributed by atoms with Gasteiger partial charge in [-0.05, 0) is 17.7 Å². The summed E-state index contributed by atoms with van der Waals surface area (Å²) in [6.45, 7) is 0. The molecule has 0 saturated carbocycles. The third-order valence-electron chi connectivity index (χ3n) is 2.73. The average molecular weight is 244 g/mol. The molecule has 94 valence electrons. The van der Waals surface area contributed by atoms with Gasteiger partial charge in [-0.15, -0.1) is 0 Å². The highest BCUT2D eigenvalue weighted by Gasteiger charge is 2.13. The SMILES string of the molecule is COc1cc(N)cc(OC)c1-c1ccc(N)cc1. The van der Waals surface area contributed by atoms with Crippen LogP contribution >= 0.6 is 0 Å². The summed E-state index contributed by atoms with van der Waals surface area (Å²) in [5, 5.41) is 0. The summed E-state index contributed by atoms with van der Waals surface area (Å²) < 4.78 is 10.7. The molecule has 0 unspecified atom stereocenters. The first-order chi connectivity index (χ1) is 8.65. The minimum absolute atomic E-state index is 0.600. The average Bonchev–Trinajstić information content (AvgIpc) is 2.39. The Morgan fingerprint density at radius 2 is 1.28 bits per heavy atom. The smallest absolute Gasteiger partial charge is 0.132 e. The molecule has 4 heteroatoms. The molecule has 0 aromatic heterocycles. The first-order valence-corrected chi connectivity index (χ1v) is 5.53. The summed E-state index contributed by atoms with van der Waals surface area (Å²) in [7, 11) is 3.21. The van der Waals surface area contributed by atoms with E-state index in [1.165, 1.54) is 0 Å². The van der Waals surface area contributed by atoms with Crippen LogP contribution in [0.5, 0.6) is 11.5 Å². The van der Waals surface area contributed by atoms with Crippen molar-refractivity contribution in [1.82, 2.24) is 0 Å². The quantitative estimate of drug-likeness (QED) is 0.814. The van der Waals surface area contributed by atoms with Gasteiger partial charge in [0.15, 0.2) is 0 Å². The van der Waals surface area contributed by atoms with E-state index in [-0.39, 0.29) is 0 Å². The van der Waals surface area contributed by atoms with Crippen LogP contribution in [0.25, 0.3) is 11.1 Å². The van der Waals surface area contributed by atoms with Gasteiger partial charge < -0.3 is 20.9 Å². The molecule has 2 rings (SSSR count). The topological polar surface area (TPSA) is 70.5 Å². The third kappa shape index (κ3) is 2.18. The Morgan fingerprint density at radius 1 is 0.778 bits per heavy atom. The minimum Gasteiger partial charge on any atom is -0.496 e. The lowest BCUT2D eigenvalue weighted by Gasteiger charge is -2.14. The van der Waals surface area contributed by atoms with Crippen molar-refractivity contribution in [1.29, 1.82) is 0 Å². The molecular formula is C14H16N2O2. The molecule has 0 radical (unpaired) electrons. The van der Waals surface area contributed by atoms with E-state index in [1.54, 1.807) is 26.4 Å². The molecule has 0 aliphatic carbocycles. The van der Waals surface area contributed by atoms with Crippen LogP contribution in [-0.2, 0) is 0 Å². The molecule has 4 nitrogen and oxygen atoms in total. The summed E-state index contributed by atoms with van der Waals surface area (Å²) in [5.41, 5.74) is 14.6. The molecule has 0 amide bonds. The van der Waals surface area contributed by atoms with Crippen LogP contribution in [0.15, 0.2) is 36.4 Å². The molecule has 0 spiro atoms. The van der Waals surface area contributed by atoms with Crippen LogP contribution < -0.4 is 20.9 Å². The second-order valence-electron chi connectivity index (χ2n) is 3.92. The highest BCUT2D eigenvalue weighted by Crippen LogP contribution is 2.40. The van der Waals surface area contributed by atoms with Crippen LogP contribution in [-0.4, -0.2) is 14.2 Å². The Bertz CT molecular complexity index is 525. The molecule has 0 atom stereocenters. The Kier molecular flexibility index (Phi) is 3.28. The fraction of sp³-hybridized carbons (Fsp3) is 0.143. The van der Waals surface area contributed by atoms with Crippen molar-refractivity contribution in [3.8, 4) is 22.6 Å². The van der Waals surface area contributed by atoms with E-state index in [2.05, 4.69) is 0 Å². The van der Waals surface area contributed by atoms with Crippen molar-refractivity contribution in [3.63, 3.8) is 0 Å². The van der Waals surface area contributed by atoms with E-state index >= 15 is 0 Å². The van der Waals surface area contributed by atoms with E-state index in [0.717, 1.165) is 11.1 Å². The molecule has 0 aliphatic heterocycles. The van der Waals surface area contributed by atoms with Crippen molar-refractivity contribution >= 4 is 11.4 Å². The Balaban J connectivity index is 2.64. The number of methoxy groups -OCH3 is 2. The minimum atomic E-state index is 0.600. The number of anilines is 2. The van der Waals surface area contributed by atoms with Gasteiger partial charge in [-0.25, -0.2) is 0 Å². The molecule has 0 heterocycles. The molecule has 2 aromatic rings. The van der Waals surface area contributed by atoms with Gasteiger partial charge >= 0.3 is 0 Å². The van der Waals surface area contributed by atoms with Gasteiger partial charge in [-0.3, -0.25) is 0 Å². The number of nitrogens with two attached hydrogens (primary N) is 2. The highest BCUT2D eigenvalue weighted by atomic mass is 16.5. The molecule has 0 fully saturated rings. The Labute approximate surface area is 106 Å². The zero-order chi connectivity index (χ0) is 13.1. The fourth-order valence-electron chi connectivity index (χ4n) is 1.87. The van der Waals surface area contributed by atoms with E-state index in [9.17, 15) is 0 Å². The number of nitrogen functional groups attached to an aromatic ring is 2. The maximum Gasteiger partial charge on any atom is 0.132 e. The van der Waals surface area contributed by atoms with Crippen LogP contribution in [0.2, 0.25) is 0 Å². The van der Waals surface area contributed by atoms with Crippen molar-refractivity contribution in [2.24, 2.45) is 0 Å². The van der Waals surface area contributed by atoms with Crippen LogP contribution in [0.4, 0.5) is 11.4 Å². The normalized spacial score (nSPS) is 10.1. The van der Waals surface area contributed by atoms with E-state index in [1.807, 2.05) is 24.3 Å². The van der Waals surface area contributed by atoms with Gasteiger partial charge in [0, 0.05) is 23.5 Å². The molecule has 0 bridgehead atoms. The summed E-state index contributed by atoms with van der Waals surface area (Å²) in [6.07, 6.45) is 0. The van der Waals surface area contributed by atoms with Gasteiger partial charge in [0.05, 0.1) is 19.8 Å². The van der Waals surface area contributed by atoms with E-state index < -0.39 is 0 Å². The lowest BCUT2D eigenvalue weighted by Crippen LogP contribution is -1.96. The number of benzene rings is 2. The predicted molar refractivity (Wildman–Crippen MR) is 73.8 cm³/mol. The lowest BCUT2D eigenvalue weighted by molar-refractivity contribution is 0.398. The molecule has 18 heavy (non-hydrogen) atoms. The second kappa shape index (κ2) is 4.87. The van der Waals surface area contributed by atoms with Gasteiger partial charge in [0.2, 0.25) is 0 Å². The van der Waals surface area contributed by atoms with Crippen molar-refractivity contribution in [2.75, 3.05) is 25.7 Å². The van der Waals surface area contributed by atoms with Gasteiger partial charge in [0.25, 0.3) is 0 Å². The summed E-state index contributed by atoms with van der Waals surface area (Å²) >= 11 is 0. The van der Waals surface area contributed by atoms with Crippen molar-refractivity contribution < 1.29 is 9.47 Å². The number of hydrogen-bond acceptors (Lipinski definition) is 4. The van der Waals surface area contributed by atoms with Gasteiger partial charge in [-0.1, -0.05) is 12.1 Å². The fourth-order valence-corrected chi connectivity index (χ4v) is 1.87. The molecule has 0 saturated heterocycles. The molecule has 0 aliphatic rings. The summed E-state index contributed by atoms with van der Waals surface area (Å²) in [4.78, 5) is 0. The summed E-state index contributed by atoms with van der Waals surface area (Å²) in [5.74, 6) is 1.35. The molecule has 4 N–H and O–H groups in total. The van der Waals surface area contributed by atoms with Crippen LogP contribution in [0, 0.1) is 0 Å². The third-order valence-corrected chi connectivity index (χ3v) is 2.73. The van der Waals surface area contributed by atoms with Gasteiger partial charge in [0.1, 0.15) is 11.5 Å². The molecule has 2 aromatic carbocycles. The number of hydrogen-bond donors (Lipinski definition) is 2. The van der Waals surface area contributed by atoms with Crippen molar-refractivity contribution in [3.05, 3.63) is 36.4 Å². The molecular weight excluding hydrogens is 228 g/mol. The summed E-state index contributed by atoms with van der Waals surface area (Å²) in [6, 6.07) is 11.1.